The van der Waals surface area contributed by atoms with Gasteiger partial charge in [0.15, 0.2) is 6.61 Å². The van der Waals surface area contributed by atoms with E-state index < -0.39 is 5.97 Å². The zero-order valence-corrected chi connectivity index (χ0v) is 14.7. The molecule has 0 atom stereocenters. The third kappa shape index (κ3) is 5.65. The molecular formula is C17H19NO3S2. The third-order valence-electron chi connectivity index (χ3n) is 2.88. The molecule has 1 amide bonds. The number of carbonyl (C=O) groups is 2. The van der Waals surface area contributed by atoms with Gasteiger partial charge in [-0.15, -0.1) is 22.7 Å². The lowest BCUT2D eigenvalue weighted by Gasteiger charge is -2.09. The van der Waals surface area contributed by atoms with Crippen LogP contribution in [-0.4, -0.2) is 25.0 Å². The Hall–Kier alpha value is -1.92. The van der Waals surface area contributed by atoms with Crippen molar-refractivity contribution in [2.75, 3.05) is 13.2 Å². The van der Waals surface area contributed by atoms with Crippen LogP contribution in [0.5, 0.6) is 0 Å². The van der Waals surface area contributed by atoms with Gasteiger partial charge in [0.1, 0.15) is 0 Å². The average Bonchev–Trinajstić information content (AvgIpc) is 3.21. The highest BCUT2D eigenvalue weighted by Gasteiger charge is 2.16. The van der Waals surface area contributed by atoms with Crippen molar-refractivity contribution in [2.45, 2.75) is 13.8 Å². The first kappa shape index (κ1) is 17.4. The Morgan fingerprint density at radius 1 is 1.22 bits per heavy atom. The van der Waals surface area contributed by atoms with Crippen molar-refractivity contribution in [3.05, 3.63) is 44.8 Å². The molecule has 0 radical (unpaired) electrons. The Morgan fingerprint density at radius 2 is 1.96 bits per heavy atom. The van der Waals surface area contributed by atoms with Gasteiger partial charge < -0.3 is 10.1 Å². The molecule has 6 heteroatoms. The number of nitrogens with one attached hydrogen (secondary N) is 1. The summed E-state index contributed by atoms with van der Waals surface area (Å²) >= 11 is 3.01. The molecule has 0 aliphatic carbocycles. The zero-order chi connectivity index (χ0) is 16.7. The normalized spacial score (nSPS) is 11.5. The minimum atomic E-state index is -0.486. The van der Waals surface area contributed by atoms with E-state index in [4.69, 9.17) is 4.74 Å². The van der Waals surface area contributed by atoms with Gasteiger partial charge in [-0.1, -0.05) is 26.0 Å². The maximum Gasteiger partial charge on any atom is 0.340 e. The summed E-state index contributed by atoms with van der Waals surface area (Å²) in [7, 11) is 0. The fraction of sp³-hybridized carbons (Fsp3) is 0.294. The highest BCUT2D eigenvalue weighted by atomic mass is 32.1. The van der Waals surface area contributed by atoms with Crippen LogP contribution >= 0.6 is 22.7 Å². The van der Waals surface area contributed by atoms with Crippen molar-refractivity contribution in [1.29, 1.82) is 0 Å². The highest BCUT2D eigenvalue weighted by Crippen LogP contribution is 2.25. The molecule has 2 heterocycles. The maximum atomic E-state index is 12.4. The first-order chi connectivity index (χ1) is 11.1. The number of rotatable bonds is 7. The summed E-state index contributed by atoms with van der Waals surface area (Å²) in [6.45, 7) is 4.31. The number of ether oxygens (including phenoxy) is 1. The van der Waals surface area contributed by atoms with E-state index in [0.29, 0.717) is 18.0 Å². The van der Waals surface area contributed by atoms with Gasteiger partial charge in [0.05, 0.1) is 5.57 Å². The van der Waals surface area contributed by atoms with Crippen LogP contribution in [0.25, 0.3) is 11.6 Å². The van der Waals surface area contributed by atoms with Crippen molar-refractivity contribution >= 4 is 46.2 Å². The molecule has 0 spiro atoms. The number of esters is 1. The minimum absolute atomic E-state index is 0.265. The van der Waals surface area contributed by atoms with Gasteiger partial charge in [0, 0.05) is 16.3 Å². The molecule has 0 unspecified atom stereocenters. The second-order valence-corrected chi connectivity index (χ2v) is 7.25. The van der Waals surface area contributed by atoms with E-state index in [-0.39, 0.29) is 12.5 Å². The molecule has 0 saturated heterocycles. The standard InChI is InChI=1S/C17H19NO3S2/c1-12(2)10-18-16(19)11-21-17(20)14(15-6-4-8-23-15)9-13-5-3-7-22-13/h3-9,12H,10-11H2,1-2H3,(H,18,19)/b14-9+. The van der Waals surface area contributed by atoms with Gasteiger partial charge in [-0.3, -0.25) is 4.79 Å². The molecule has 122 valence electrons. The van der Waals surface area contributed by atoms with Gasteiger partial charge in [0.2, 0.25) is 0 Å². The van der Waals surface area contributed by atoms with Crippen molar-refractivity contribution in [3.8, 4) is 0 Å². The highest BCUT2D eigenvalue weighted by molar-refractivity contribution is 7.12. The molecule has 2 rings (SSSR count). The molecule has 0 fully saturated rings. The zero-order valence-electron chi connectivity index (χ0n) is 13.1. The quantitative estimate of drug-likeness (QED) is 0.613. The van der Waals surface area contributed by atoms with Gasteiger partial charge in [0.25, 0.3) is 5.91 Å². The summed E-state index contributed by atoms with van der Waals surface area (Å²) in [5, 5.41) is 6.58. The maximum absolute atomic E-state index is 12.4. The smallest absolute Gasteiger partial charge is 0.340 e. The molecular weight excluding hydrogens is 330 g/mol. The van der Waals surface area contributed by atoms with Crippen LogP contribution in [0.2, 0.25) is 0 Å². The van der Waals surface area contributed by atoms with Gasteiger partial charge in [-0.2, -0.15) is 0 Å². The lowest BCUT2D eigenvalue weighted by Crippen LogP contribution is -2.31. The summed E-state index contributed by atoms with van der Waals surface area (Å²) < 4.78 is 5.16. The summed E-state index contributed by atoms with van der Waals surface area (Å²) in [5.74, 6) is -0.413. The Bertz CT molecular complexity index is 658. The Morgan fingerprint density at radius 3 is 2.57 bits per heavy atom. The predicted molar refractivity (Wildman–Crippen MR) is 95.3 cm³/mol. The van der Waals surface area contributed by atoms with E-state index in [9.17, 15) is 9.59 Å². The summed E-state index contributed by atoms with van der Waals surface area (Å²) in [5.41, 5.74) is 0.471. The first-order valence-corrected chi connectivity index (χ1v) is 9.05. The van der Waals surface area contributed by atoms with E-state index in [1.807, 2.05) is 48.9 Å². The van der Waals surface area contributed by atoms with E-state index in [2.05, 4.69) is 5.32 Å². The average molecular weight is 349 g/mol. The summed E-state index contributed by atoms with van der Waals surface area (Å²) in [6.07, 6.45) is 1.80. The van der Waals surface area contributed by atoms with Crippen molar-refractivity contribution in [2.24, 2.45) is 5.92 Å². The lowest BCUT2D eigenvalue weighted by molar-refractivity contribution is -0.142. The number of hydrogen-bond acceptors (Lipinski definition) is 5. The Balaban J connectivity index is 2.02. The predicted octanol–water partition coefficient (Wildman–Crippen LogP) is 3.67. The molecule has 0 saturated carbocycles. The van der Waals surface area contributed by atoms with Crippen LogP contribution in [0, 0.1) is 5.92 Å². The molecule has 4 nitrogen and oxygen atoms in total. The minimum Gasteiger partial charge on any atom is -0.452 e. The SMILES string of the molecule is CC(C)CNC(=O)COC(=O)/C(=C/c1cccs1)c1cccs1. The van der Waals surface area contributed by atoms with Crippen LogP contribution in [0.15, 0.2) is 35.0 Å². The van der Waals surface area contributed by atoms with Crippen LogP contribution in [0.3, 0.4) is 0 Å². The number of hydrogen-bond donors (Lipinski definition) is 1. The number of thiophene rings is 2. The second-order valence-electron chi connectivity index (χ2n) is 5.32. The van der Waals surface area contributed by atoms with Crippen LogP contribution < -0.4 is 5.32 Å². The summed E-state index contributed by atoms with van der Waals surface area (Å²) in [6, 6.07) is 7.60. The van der Waals surface area contributed by atoms with E-state index in [1.165, 1.54) is 11.3 Å². The Kier molecular flexibility index (Phi) is 6.55. The van der Waals surface area contributed by atoms with Crippen molar-refractivity contribution in [1.82, 2.24) is 5.32 Å². The van der Waals surface area contributed by atoms with Gasteiger partial charge >= 0.3 is 5.97 Å². The van der Waals surface area contributed by atoms with Crippen LogP contribution in [0.1, 0.15) is 23.6 Å². The molecule has 2 aromatic rings. The van der Waals surface area contributed by atoms with Crippen molar-refractivity contribution < 1.29 is 14.3 Å². The van der Waals surface area contributed by atoms with Gasteiger partial charge in [-0.05, 0) is 34.9 Å². The molecule has 23 heavy (non-hydrogen) atoms. The molecule has 0 bridgehead atoms. The van der Waals surface area contributed by atoms with E-state index in [1.54, 1.807) is 17.4 Å². The summed E-state index contributed by atoms with van der Waals surface area (Å²) in [4.78, 5) is 25.8. The van der Waals surface area contributed by atoms with E-state index >= 15 is 0 Å². The van der Waals surface area contributed by atoms with Gasteiger partial charge in [-0.25, -0.2) is 4.79 Å². The third-order valence-corrected chi connectivity index (χ3v) is 4.60. The number of carbonyl (C=O) groups excluding carboxylic acids is 2. The second kappa shape index (κ2) is 8.64. The monoisotopic (exact) mass is 349 g/mol. The van der Waals surface area contributed by atoms with Crippen LogP contribution in [0.4, 0.5) is 0 Å². The molecule has 0 aromatic carbocycles. The number of amides is 1. The fourth-order valence-corrected chi connectivity index (χ4v) is 3.14. The van der Waals surface area contributed by atoms with Crippen LogP contribution in [-0.2, 0) is 14.3 Å². The van der Waals surface area contributed by atoms with Crippen molar-refractivity contribution in [3.63, 3.8) is 0 Å². The van der Waals surface area contributed by atoms with E-state index in [0.717, 1.165) is 9.75 Å². The molecule has 1 N–H and O–H groups in total. The molecule has 0 aliphatic rings. The first-order valence-electron chi connectivity index (χ1n) is 7.29. The largest absolute Gasteiger partial charge is 0.452 e. The fourth-order valence-electron chi connectivity index (χ4n) is 1.76. The molecule has 2 aromatic heterocycles. The topological polar surface area (TPSA) is 55.4 Å². The Labute approximate surface area is 143 Å². The lowest BCUT2D eigenvalue weighted by atomic mass is 10.2. The molecule has 0 aliphatic heterocycles.